The van der Waals surface area contributed by atoms with E-state index in [4.69, 9.17) is 11.6 Å². The lowest BCUT2D eigenvalue weighted by molar-refractivity contribution is -0.124. The molecule has 0 fully saturated rings. The van der Waals surface area contributed by atoms with Crippen LogP contribution in [0.2, 0.25) is 5.02 Å². The molecule has 0 radical (unpaired) electrons. The summed E-state index contributed by atoms with van der Waals surface area (Å²) >= 11 is 7.56. The minimum Gasteiger partial charge on any atom is -0.273 e. The molecule has 24 heavy (non-hydrogen) atoms. The fourth-order valence-electron chi connectivity index (χ4n) is 1.78. The highest BCUT2D eigenvalue weighted by Gasteiger charge is 2.09. The highest BCUT2D eigenvalue weighted by atomic mass is 35.5. The number of halogens is 1. The first-order valence-electron chi connectivity index (χ1n) is 7.53. The fraction of sp³-hybridized carbons (Fsp3) is 0.222. The van der Waals surface area contributed by atoms with Crippen LogP contribution in [0.15, 0.2) is 53.4 Å². The van der Waals surface area contributed by atoms with E-state index in [0.717, 1.165) is 21.2 Å². The standard InChI is InChI=1S/C18H19ClN2O2S/c1-12(2)17(22)20-21-18(23)14-5-3-13(4-6-14)11-24-16-9-7-15(19)8-10-16/h3-10,12H,11H2,1-2H3,(H,20,22)(H,21,23). The van der Waals surface area contributed by atoms with Crippen molar-refractivity contribution in [3.05, 3.63) is 64.7 Å². The molecule has 0 heterocycles. The number of carbonyl (C=O) groups is 2. The molecule has 0 bridgehead atoms. The predicted molar refractivity (Wildman–Crippen MR) is 97.9 cm³/mol. The van der Waals surface area contributed by atoms with Crippen LogP contribution in [0.4, 0.5) is 0 Å². The lowest BCUT2D eigenvalue weighted by Gasteiger charge is -2.09. The molecular weight excluding hydrogens is 344 g/mol. The first kappa shape index (κ1) is 18.4. The van der Waals surface area contributed by atoms with E-state index < -0.39 is 0 Å². The number of rotatable bonds is 5. The SMILES string of the molecule is CC(C)C(=O)NNC(=O)c1ccc(CSc2ccc(Cl)cc2)cc1. The molecule has 0 saturated heterocycles. The highest BCUT2D eigenvalue weighted by Crippen LogP contribution is 2.24. The summed E-state index contributed by atoms with van der Waals surface area (Å²) in [6, 6.07) is 15.0. The minimum atomic E-state index is -0.332. The van der Waals surface area contributed by atoms with Gasteiger partial charge in [-0.2, -0.15) is 0 Å². The molecule has 0 aliphatic heterocycles. The normalized spacial score (nSPS) is 10.5. The Morgan fingerprint density at radius 3 is 2.21 bits per heavy atom. The Morgan fingerprint density at radius 1 is 1.00 bits per heavy atom. The van der Waals surface area contributed by atoms with E-state index in [9.17, 15) is 9.59 Å². The zero-order chi connectivity index (χ0) is 17.5. The zero-order valence-electron chi connectivity index (χ0n) is 13.5. The van der Waals surface area contributed by atoms with Gasteiger partial charge in [0.1, 0.15) is 0 Å². The maximum Gasteiger partial charge on any atom is 0.269 e. The van der Waals surface area contributed by atoms with Crippen LogP contribution in [0.1, 0.15) is 29.8 Å². The third-order valence-corrected chi connectivity index (χ3v) is 4.59. The Labute approximate surface area is 150 Å². The molecule has 0 atom stereocenters. The van der Waals surface area contributed by atoms with Crippen LogP contribution < -0.4 is 10.9 Å². The van der Waals surface area contributed by atoms with Gasteiger partial charge in [0.05, 0.1) is 0 Å². The van der Waals surface area contributed by atoms with Gasteiger partial charge in [-0.1, -0.05) is 37.6 Å². The van der Waals surface area contributed by atoms with Crippen molar-refractivity contribution in [2.24, 2.45) is 5.92 Å². The van der Waals surface area contributed by atoms with Gasteiger partial charge < -0.3 is 0 Å². The number of thioether (sulfide) groups is 1. The van der Waals surface area contributed by atoms with Crippen molar-refractivity contribution in [3.63, 3.8) is 0 Å². The number of amides is 2. The number of hydrogen-bond donors (Lipinski definition) is 2. The average molecular weight is 363 g/mol. The lowest BCUT2D eigenvalue weighted by Crippen LogP contribution is -2.43. The number of hydrazine groups is 1. The van der Waals surface area contributed by atoms with Crippen molar-refractivity contribution >= 4 is 35.2 Å². The monoisotopic (exact) mass is 362 g/mol. The van der Waals surface area contributed by atoms with Crippen molar-refractivity contribution in [2.45, 2.75) is 24.5 Å². The van der Waals surface area contributed by atoms with Crippen LogP contribution in [0.25, 0.3) is 0 Å². The molecule has 0 aliphatic carbocycles. The summed E-state index contributed by atoms with van der Waals surface area (Å²) in [6.07, 6.45) is 0. The summed E-state index contributed by atoms with van der Waals surface area (Å²) in [5.74, 6) is 0.0611. The summed E-state index contributed by atoms with van der Waals surface area (Å²) < 4.78 is 0. The maximum absolute atomic E-state index is 12.0. The van der Waals surface area contributed by atoms with Crippen LogP contribution in [0, 0.1) is 5.92 Å². The second-order valence-electron chi connectivity index (χ2n) is 5.54. The fourth-order valence-corrected chi connectivity index (χ4v) is 2.77. The molecule has 0 aliphatic rings. The Bertz CT molecular complexity index is 700. The molecule has 0 spiro atoms. The Kier molecular flexibility index (Phi) is 6.70. The van der Waals surface area contributed by atoms with E-state index in [1.165, 1.54) is 0 Å². The van der Waals surface area contributed by atoms with Gasteiger partial charge in [0.2, 0.25) is 5.91 Å². The van der Waals surface area contributed by atoms with Crippen molar-refractivity contribution in [1.82, 2.24) is 10.9 Å². The predicted octanol–water partition coefficient (Wildman–Crippen LogP) is 4.05. The largest absolute Gasteiger partial charge is 0.273 e. The van der Waals surface area contributed by atoms with Gasteiger partial charge in [-0.05, 0) is 42.0 Å². The summed E-state index contributed by atoms with van der Waals surface area (Å²) in [4.78, 5) is 24.5. The van der Waals surface area contributed by atoms with E-state index in [-0.39, 0.29) is 17.7 Å². The molecule has 0 aromatic heterocycles. The Hall–Kier alpha value is -1.98. The van der Waals surface area contributed by atoms with Crippen LogP contribution in [0.5, 0.6) is 0 Å². The van der Waals surface area contributed by atoms with Gasteiger partial charge in [0.25, 0.3) is 5.91 Å². The van der Waals surface area contributed by atoms with E-state index >= 15 is 0 Å². The number of nitrogens with one attached hydrogen (secondary N) is 2. The third kappa shape index (κ3) is 5.58. The van der Waals surface area contributed by atoms with Gasteiger partial charge >= 0.3 is 0 Å². The molecule has 6 heteroatoms. The summed E-state index contributed by atoms with van der Waals surface area (Å²) in [5, 5.41) is 0.722. The van der Waals surface area contributed by atoms with E-state index in [1.807, 2.05) is 36.4 Å². The van der Waals surface area contributed by atoms with Crippen LogP contribution in [0.3, 0.4) is 0 Å². The molecule has 4 nitrogen and oxygen atoms in total. The van der Waals surface area contributed by atoms with Gasteiger partial charge in [0.15, 0.2) is 0 Å². The van der Waals surface area contributed by atoms with Gasteiger partial charge in [0, 0.05) is 27.2 Å². The molecule has 0 unspecified atom stereocenters. The van der Waals surface area contributed by atoms with Crippen molar-refractivity contribution < 1.29 is 9.59 Å². The number of carbonyl (C=O) groups excluding carboxylic acids is 2. The second kappa shape index (κ2) is 8.76. The first-order chi connectivity index (χ1) is 11.5. The Morgan fingerprint density at radius 2 is 1.62 bits per heavy atom. The topological polar surface area (TPSA) is 58.2 Å². The van der Waals surface area contributed by atoms with E-state index in [0.29, 0.717) is 5.56 Å². The lowest BCUT2D eigenvalue weighted by atomic mass is 10.1. The molecule has 2 rings (SSSR count). The maximum atomic E-state index is 12.0. The van der Waals surface area contributed by atoms with Crippen LogP contribution in [-0.2, 0) is 10.5 Å². The van der Waals surface area contributed by atoms with E-state index in [2.05, 4.69) is 10.9 Å². The summed E-state index contributed by atoms with van der Waals surface area (Å²) in [5.41, 5.74) is 6.41. The molecule has 0 saturated carbocycles. The van der Waals surface area contributed by atoms with Gasteiger partial charge in [-0.15, -0.1) is 11.8 Å². The first-order valence-corrected chi connectivity index (χ1v) is 8.89. The molecular formula is C18H19ClN2O2S. The molecule has 2 aromatic carbocycles. The molecule has 126 valence electrons. The summed E-state index contributed by atoms with van der Waals surface area (Å²) in [6.45, 7) is 3.52. The van der Waals surface area contributed by atoms with Crippen molar-refractivity contribution in [3.8, 4) is 0 Å². The Balaban J connectivity index is 1.86. The van der Waals surface area contributed by atoms with Crippen LogP contribution in [-0.4, -0.2) is 11.8 Å². The average Bonchev–Trinajstić information content (AvgIpc) is 2.59. The highest BCUT2D eigenvalue weighted by molar-refractivity contribution is 7.98. The van der Waals surface area contributed by atoms with Gasteiger partial charge in [-0.3, -0.25) is 20.4 Å². The quantitative estimate of drug-likeness (QED) is 0.623. The molecule has 2 aromatic rings. The smallest absolute Gasteiger partial charge is 0.269 e. The number of benzene rings is 2. The number of hydrogen-bond acceptors (Lipinski definition) is 3. The second-order valence-corrected chi connectivity index (χ2v) is 7.02. The van der Waals surface area contributed by atoms with Gasteiger partial charge in [-0.25, -0.2) is 0 Å². The third-order valence-electron chi connectivity index (χ3n) is 3.26. The van der Waals surface area contributed by atoms with Crippen molar-refractivity contribution in [2.75, 3.05) is 0 Å². The summed E-state index contributed by atoms with van der Waals surface area (Å²) in [7, 11) is 0. The van der Waals surface area contributed by atoms with Crippen molar-refractivity contribution in [1.29, 1.82) is 0 Å². The minimum absolute atomic E-state index is 0.183. The van der Waals surface area contributed by atoms with E-state index in [1.54, 1.807) is 37.7 Å². The zero-order valence-corrected chi connectivity index (χ0v) is 15.1. The molecule has 2 amide bonds. The van der Waals surface area contributed by atoms with Crippen LogP contribution >= 0.6 is 23.4 Å². The molecule has 2 N–H and O–H groups in total.